The summed E-state index contributed by atoms with van der Waals surface area (Å²) in [5.74, 6) is 5.81. The van der Waals surface area contributed by atoms with E-state index >= 15 is 0 Å². The van der Waals surface area contributed by atoms with Crippen LogP contribution in [0.4, 0.5) is 0 Å². The monoisotopic (exact) mass is 472 g/mol. The molecule has 0 fully saturated rings. The second kappa shape index (κ2) is 6.75. The Balaban J connectivity index is 1.96. The average Bonchev–Trinajstić information content (AvgIpc) is 2.91. The Morgan fingerprint density at radius 1 is 1.24 bits per heavy atom. The molecule has 3 N–H and O–H groups in total. The molecule has 3 aromatic rings. The van der Waals surface area contributed by atoms with Crippen LogP contribution in [0, 0.1) is 3.57 Å². The number of hydrazine groups is 1. The van der Waals surface area contributed by atoms with Crippen molar-refractivity contribution in [3.05, 3.63) is 67.0 Å². The standard InChI is InChI=1S/C16H14BrIN2S/c17-14-6-5-11(18)8-13(14)15(20-19)7-10-9-21-16-4-2-1-3-12(10)16/h1-6,8-9,15,20H,7,19H2. The molecule has 0 saturated heterocycles. The van der Waals surface area contributed by atoms with E-state index in [1.807, 2.05) is 0 Å². The summed E-state index contributed by atoms with van der Waals surface area (Å²) in [5.41, 5.74) is 5.49. The molecule has 0 aliphatic rings. The highest BCUT2D eigenvalue weighted by molar-refractivity contribution is 14.1. The summed E-state index contributed by atoms with van der Waals surface area (Å²) in [5, 5.41) is 3.56. The van der Waals surface area contributed by atoms with E-state index in [1.54, 1.807) is 11.3 Å². The van der Waals surface area contributed by atoms with Crippen LogP contribution in [-0.4, -0.2) is 0 Å². The molecule has 2 nitrogen and oxygen atoms in total. The highest BCUT2D eigenvalue weighted by atomic mass is 127. The number of rotatable bonds is 4. The molecular weight excluding hydrogens is 459 g/mol. The zero-order valence-electron chi connectivity index (χ0n) is 11.1. The Hall–Kier alpha value is -0.470. The van der Waals surface area contributed by atoms with Crippen LogP contribution in [0.2, 0.25) is 0 Å². The van der Waals surface area contributed by atoms with E-state index in [0.717, 1.165) is 10.9 Å². The minimum absolute atomic E-state index is 0.0899. The first-order chi connectivity index (χ1) is 10.2. The molecule has 1 unspecified atom stereocenters. The van der Waals surface area contributed by atoms with Gasteiger partial charge in [0.1, 0.15) is 0 Å². The predicted molar refractivity (Wildman–Crippen MR) is 102 cm³/mol. The van der Waals surface area contributed by atoms with Crippen molar-refractivity contribution in [1.29, 1.82) is 0 Å². The summed E-state index contributed by atoms with van der Waals surface area (Å²) in [6.07, 6.45) is 0.874. The van der Waals surface area contributed by atoms with Gasteiger partial charge in [-0.15, -0.1) is 11.3 Å². The fourth-order valence-electron chi connectivity index (χ4n) is 2.45. The molecule has 0 aliphatic heterocycles. The number of fused-ring (bicyclic) bond motifs is 1. The lowest BCUT2D eigenvalue weighted by Gasteiger charge is -2.18. The minimum Gasteiger partial charge on any atom is -0.271 e. The molecule has 21 heavy (non-hydrogen) atoms. The maximum atomic E-state index is 5.81. The van der Waals surface area contributed by atoms with E-state index in [-0.39, 0.29) is 6.04 Å². The molecular formula is C16H14BrIN2S. The Bertz CT molecular complexity index is 772. The average molecular weight is 473 g/mol. The molecule has 3 rings (SSSR count). The second-order valence-corrected chi connectivity index (χ2v) is 7.86. The molecule has 0 amide bonds. The topological polar surface area (TPSA) is 38.0 Å². The van der Waals surface area contributed by atoms with Crippen molar-refractivity contribution in [1.82, 2.24) is 5.43 Å². The van der Waals surface area contributed by atoms with Gasteiger partial charge in [0.05, 0.1) is 6.04 Å². The van der Waals surface area contributed by atoms with Crippen LogP contribution >= 0.6 is 49.9 Å². The number of halogens is 2. The summed E-state index contributed by atoms with van der Waals surface area (Å²) in [4.78, 5) is 0. The smallest absolute Gasteiger partial charge is 0.0512 e. The summed E-state index contributed by atoms with van der Waals surface area (Å²) in [6.45, 7) is 0. The van der Waals surface area contributed by atoms with Gasteiger partial charge in [-0.25, -0.2) is 0 Å². The van der Waals surface area contributed by atoms with E-state index in [1.165, 1.54) is 24.8 Å². The zero-order valence-corrected chi connectivity index (χ0v) is 15.7. The Kier molecular flexibility index (Phi) is 4.96. The summed E-state index contributed by atoms with van der Waals surface area (Å²) in [7, 11) is 0. The van der Waals surface area contributed by atoms with Crippen molar-refractivity contribution in [2.45, 2.75) is 12.5 Å². The van der Waals surface area contributed by atoms with Gasteiger partial charge in [-0.1, -0.05) is 34.1 Å². The fraction of sp³-hybridized carbons (Fsp3) is 0.125. The van der Waals surface area contributed by atoms with Gasteiger partial charge in [-0.05, 0) is 75.2 Å². The summed E-state index contributed by atoms with van der Waals surface area (Å²) in [6, 6.07) is 14.9. The van der Waals surface area contributed by atoms with E-state index < -0.39 is 0 Å². The lowest BCUT2D eigenvalue weighted by atomic mass is 9.99. The van der Waals surface area contributed by atoms with Gasteiger partial charge in [0.25, 0.3) is 0 Å². The summed E-state index contributed by atoms with van der Waals surface area (Å²) >= 11 is 7.75. The summed E-state index contributed by atoms with van der Waals surface area (Å²) < 4.78 is 3.62. The SMILES string of the molecule is NNC(Cc1csc2ccccc12)c1cc(I)ccc1Br. The molecule has 0 spiro atoms. The first kappa shape index (κ1) is 15.4. The Morgan fingerprint density at radius 3 is 2.86 bits per heavy atom. The maximum Gasteiger partial charge on any atom is 0.0512 e. The molecule has 2 aromatic carbocycles. The lowest BCUT2D eigenvalue weighted by Crippen LogP contribution is -2.29. The van der Waals surface area contributed by atoms with Crippen LogP contribution in [0.25, 0.3) is 10.1 Å². The van der Waals surface area contributed by atoms with Gasteiger partial charge in [-0.3, -0.25) is 11.3 Å². The van der Waals surface area contributed by atoms with Crippen molar-refractivity contribution in [3.63, 3.8) is 0 Å². The third-order valence-electron chi connectivity index (χ3n) is 3.52. The van der Waals surface area contributed by atoms with Crippen molar-refractivity contribution in [2.75, 3.05) is 0 Å². The molecule has 0 radical (unpaired) electrons. The molecule has 1 aromatic heterocycles. The third-order valence-corrected chi connectivity index (χ3v) is 5.93. The van der Waals surface area contributed by atoms with Crippen LogP contribution in [0.1, 0.15) is 17.2 Å². The molecule has 0 aliphatic carbocycles. The minimum atomic E-state index is 0.0899. The number of hydrogen-bond donors (Lipinski definition) is 2. The van der Waals surface area contributed by atoms with Crippen LogP contribution < -0.4 is 11.3 Å². The predicted octanol–water partition coefficient (Wildman–Crippen LogP) is 5.02. The first-order valence-corrected chi connectivity index (χ1v) is 9.30. The van der Waals surface area contributed by atoms with E-state index in [9.17, 15) is 0 Å². The zero-order chi connectivity index (χ0) is 14.8. The van der Waals surface area contributed by atoms with Crippen LogP contribution in [0.15, 0.2) is 52.3 Å². The van der Waals surface area contributed by atoms with Crippen LogP contribution in [-0.2, 0) is 6.42 Å². The normalized spacial score (nSPS) is 12.7. The van der Waals surface area contributed by atoms with Crippen LogP contribution in [0.5, 0.6) is 0 Å². The van der Waals surface area contributed by atoms with E-state index in [4.69, 9.17) is 5.84 Å². The highest BCUT2D eigenvalue weighted by Gasteiger charge is 2.16. The van der Waals surface area contributed by atoms with Gasteiger partial charge >= 0.3 is 0 Å². The van der Waals surface area contributed by atoms with Gasteiger partial charge < -0.3 is 0 Å². The van der Waals surface area contributed by atoms with Crippen molar-refractivity contribution in [2.24, 2.45) is 5.84 Å². The van der Waals surface area contributed by atoms with Crippen LogP contribution in [0.3, 0.4) is 0 Å². The molecule has 1 heterocycles. The molecule has 0 saturated carbocycles. The number of nitrogens with two attached hydrogens (primary N) is 1. The Labute approximate surface area is 150 Å². The van der Waals surface area contributed by atoms with Gasteiger partial charge in [-0.2, -0.15) is 0 Å². The van der Waals surface area contributed by atoms with Gasteiger partial charge in [0, 0.05) is 12.7 Å². The second-order valence-electron chi connectivity index (χ2n) is 4.85. The molecule has 108 valence electrons. The highest BCUT2D eigenvalue weighted by Crippen LogP contribution is 2.32. The van der Waals surface area contributed by atoms with Crippen molar-refractivity contribution >= 4 is 59.9 Å². The van der Waals surface area contributed by atoms with Crippen molar-refractivity contribution < 1.29 is 0 Å². The van der Waals surface area contributed by atoms with Gasteiger partial charge in [0.2, 0.25) is 0 Å². The number of thiophene rings is 1. The number of nitrogens with one attached hydrogen (secondary N) is 1. The first-order valence-electron chi connectivity index (χ1n) is 6.55. The van der Waals surface area contributed by atoms with E-state index in [0.29, 0.717) is 0 Å². The lowest BCUT2D eigenvalue weighted by molar-refractivity contribution is 0.552. The Morgan fingerprint density at radius 2 is 2.05 bits per heavy atom. The van der Waals surface area contributed by atoms with E-state index in [2.05, 4.69) is 91.8 Å². The molecule has 1 atom stereocenters. The number of benzene rings is 2. The largest absolute Gasteiger partial charge is 0.271 e. The quantitative estimate of drug-likeness (QED) is 0.318. The van der Waals surface area contributed by atoms with Gasteiger partial charge in [0.15, 0.2) is 0 Å². The fourth-order valence-corrected chi connectivity index (χ4v) is 4.46. The maximum absolute atomic E-state index is 5.81. The number of hydrogen-bond acceptors (Lipinski definition) is 3. The third kappa shape index (κ3) is 3.32. The van der Waals surface area contributed by atoms with Crippen molar-refractivity contribution in [3.8, 4) is 0 Å². The molecule has 5 heteroatoms. The molecule has 0 bridgehead atoms.